The number of anilines is 3. The minimum absolute atomic E-state index is 0. The maximum absolute atomic E-state index is 12.7. The predicted molar refractivity (Wildman–Crippen MR) is 135 cm³/mol. The number of hydrogen-bond donors (Lipinski definition) is 3. The Kier molecular flexibility index (Phi) is 9.50. The number of amides is 1. The molecule has 4 N–H and O–H groups in total. The molecule has 1 amide bonds. The van der Waals surface area contributed by atoms with Crippen LogP contribution in [-0.2, 0) is 4.79 Å². The van der Waals surface area contributed by atoms with Crippen molar-refractivity contribution in [1.82, 2.24) is 0 Å². The van der Waals surface area contributed by atoms with Crippen LogP contribution in [-0.4, -0.2) is 10.8 Å². The lowest BCUT2D eigenvalue weighted by molar-refractivity contribution is -0.112. The van der Waals surface area contributed by atoms with Crippen LogP contribution in [0, 0.1) is 19.8 Å². The average molecular weight is 428 g/mol. The first-order valence-electron chi connectivity index (χ1n) is 10.4. The average Bonchev–Trinajstić information content (AvgIpc) is 3.26. The summed E-state index contributed by atoms with van der Waals surface area (Å²) in [5.74, 6) is 0.362. The van der Waals surface area contributed by atoms with E-state index in [4.69, 9.17) is 5.73 Å². The van der Waals surface area contributed by atoms with E-state index in [0.717, 1.165) is 39.5 Å². The van der Waals surface area contributed by atoms with E-state index in [1.807, 2.05) is 84.0 Å². The van der Waals surface area contributed by atoms with Gasteiger partial charge in [-0.25, -0.2) is 0 Å². The van der Waals surface area contributed by atoms with Gasteiger partial charge in [-0.1, -0.05) is 77.2 Å². The second-order valence-corrected chi connectivity index (χ2v) is 8.18. The van der Waals surface area contributed by atoms with Gasteiger partial charge < -0.3 is 16.4 Å². The third kappa shape index (κ3) is 5.60. The van der Waals surface area contributed by atoms with E-state index in [1.165, 1.54) is 0 Å². The van der Waals surface area contributed by atoms with E-state index in [2.05, 4.69) is 16.7 Å². The summed E-state index contributed by atoms with van der Waals surface area (Å²) in [4.78, 5) is 13.4. The number of fused-ring (bicyclic) bond motifs is 1. The van der Waals surface area contributed by atoms with Crippen LogP contribution in [0.2, 0.25) is 0 Å². The Labute approximate surface area is 186 Å². The van der Waals surface area contributed by atoms with Crippen molar-refractivity contribution < 1.29 is 4.79 Å². The third-order valence-electron chi connectivity index (χ3n) is 4.79. The first-order valence-corrected chi connectivity index (χ1v) is 11.2. The largest absolute Gasteiger partial charge is 0.399 e. The van der Waals surface area contributed by atoms with Crippen molar-refractivity contribution in [2.24, 2.45) is 5.92 Å². The topological polar surface area (TPSA) is 67.2 Å². The number of benzene rings is 2. The van der Waals surface area contributed by atoms with Crippen LogP contribution in [0.4, 0.5) is 17.1 Å². The number of carbonyl (C=O) groups is 1. The predicted octanol–water partition coefficient (Wildman–Crippen LogP) is 6.97. The fraction of sp³-hybridized carbons (Fsp3) is 0.400. The molecular formula is C25H37N3OS. The van der Waals surface area contributed by atoms with Gasteiger partial charge in [-0.05, 0) is 49.6 Å². The number of para-hydroxylation sites is 1. The molecular weight excluding hydrogens is 390 g/mol. The van der Waals surface area contributed by atoms with E-state index in [9.17, 15) is 4.79 Å². The Hall–Kier alpha value is -2.40. The van der Waals surface area contributed by atoms with Gasteiger partial charge in [0.25, 0.3) is 5.91 Å². The van der Waals surface area contributed by atoms with Gasteiger partial charge in [0.2, 0.25) is 0 Å². The second kappa shape index (κ2) is 11.1. The number of aryl methyl sites for hydroxylation is 2. The lowest BCUT2D eigenvalue weighted by Crippen LogP contribution is -2.20. The molecule has 1 heterocycles. The maximum atomic E-state index is 12.7. The zero-order chi connectivity index (χ0) is 21.6. The summed E-state index contributed by atoms with van der Waals surface area (Å²) in [6.07, 6.45) is 3.12. The van der Waals surface area contributed by atoms with Gasteiger partial charge in [-0.15, -0.1) is 0 Å². The molecule has 0 saturated heterocycles. The number of nitrogen functional groups attached to an aromatic ring is 1. The van der Waals surface area contributed by atoms with Gasteiger partial charge in [0.1, 0.15) is 0 Å². The smallest absolute Gasteiger partial charge is 0.261 e. The first kappa shape index (κ1) is 25.6. The molecule has 5 heteroatoms. The Bertz CT molecular complexity index is 873. The van der Waals surface area contributed by atoms with Crippen LogP contribution in [0.1, 0.15) is 52.7 Å². The quantitative estimate of drug-likeness (QED) is 0.461. The van der Waals surface area contributed by atoms with Crippen LogP contribution in [0.3, 0.4) is 0 Å². The number of thioether (sulfide) groups is 1. The Balaban J connectivity index is 0.000000851. The molecule has 1 fully saturated rings. The zero-order valence-corrected chi connectivity index (χ0v) is 19.1. The van der Waals surface area contributed by atoms with Crippen molar-refractivity contribution in [3.63, 3.8) is 0 Å². The van der Waals surface area contributed by atoms with Crippen LogP contribution in [0.25, 0.3) is 0 Å². The molecule has 1 aliphatic carbocycles. The summed E-state index contributed by atoms with van der Waals surface area (Å²) in [6.45, 7) is 12.0. The highest BCUT2D eigenvalue weighted by Gasteiger charge is 2.59. The molecule has 0 aromatic heterocycles. The number of nitrogens with one attached hydrogen (secondary N) is 2. The molecule has 2 atom stereocenters. The van der Waals surface area contributed by atoms with Gasteiger partial charge in [0.05, 0.1) is 9.78 Å². The Morgan fingerprint density at radius 3 is 2.27 bits per heavy atom. The van der Waals surface area contributed by atoms with Crippen molar-refractivity contribution in [1.29, 1.82) is 0 Å². The standard InChI is InChI=1S/C20H21N3OS.2C2H6.CH4/c1-12-5-3-6-13(2)18(12)22-19(24)17-9-14-11-20(14,25-17)23-16-8-4-7-15(21)10-16;2*1-2;/h3-10,14,23H,11,21H2,1-2H3,(H,22,24);2*1-2H3;1H4. The van der Waals surface area contributed by atoms with Crippen LogP contribution >= 0.6 is 11.8 Å². The highest BCUT2D eigenvalue weighted by atomic mass is 32.2. The summed E-state index contributed by atoms with van der Waals surface area (Å²) in [6, 6.07) is 13.8. The monoisotopic (exact) mass is 427 g/mol. The van der Waals surface area contributed by atoms with Gasteiger partial charge in [0, 0.05) is 23.0 Å². The number of rotatable bonds is 4. The number of nitrogens with two attached hydrogens (primary N) is 1. The molecule has 2 unspecified atom stereocenters. The minimum atomic E-state index is -0.0960. The Morgan fingerprint density at radius 1 is 1.07 bits per heavy atom. The summed E-state index contributed by atoms with van der Waals surface area (Å²) >= 11 is 1.62. The molecule has 0 spiro atoms. The summed E-state index contributed by atoms with van der Waals surface area (Å²) < 4.78 is 0. The molecule has 0 bridgehead atoms. The van der Waals surface area contributed by atoms with E-state index in [-0.39, 0.29) is 18.2 Å². The van der Waals surface area contributed by atoms with Gasteiger partial charge >= 0.3 is 0 Å². The van der Waals surface area contributed by atoms with Crippen molar-refractivity contribution in [2.45, 2.75) is 60.3 Å². The van der Waals surface area contributed by atoms with Gasteiger partial charge in [-0.3, -0.25) is 4.79 Å². The van der Waals surface area contributed by atoms with Crippen LogP contribution in [0.15, 0.2) is 53.4 Å². The van der Waals surface area contributed by atoms with Crippen molar-refractivity contribution >= 4 is 34.7 Å². The van der Waals surface area contributed by atoms with Gasteiger partial charge in [-0.2, -0.15) is 0 Å². The number of hydrogen-bond acceptors (Lipinski definition) is 4. The molecule has 30 heavy (non-hydrogen) atoms. The van der Waals surface area contributed by atoms with Crippen molar-refractivity contribution in [2.75, 3.05) is 16.4 Å². The maximum Gasteiger partial charge on any atom is 0.261 e. The molecule has 2 aliphatic rings. The molecule has 1 aliphatic heterocycles. The SMILES string of the molecule is C.CC.CC.Cc1cccc(C)c1NC(=O)C1=CC2CC2(Nc2cccc(N)c2)S1. The third-order valence-corrected chi connectivity index (χ3v) is 6.27. The normalized spacial score (nSPS) is 20.1. The molecule has 1 saturated carbocycles. The molecule has 0 radical (unpaired) electrons. The summed E-state index contributed by atoms with van der Waals surface area (Å²) in [7, 11) is 0. The van der Waals surface area contributed by atoms with Crippen LogP contribution < -0.4 is 16.4 Å². The summed E-state index contributed by atoms with van der Waals surface area (Å²) in [5.41, 5.74) is 10.7. The highest BCUT2D eigenvalue weighted by Crippen LogP contribution is 2.63. The van der Waals surface area contributed by atoms with Gasteiger partial charge in [0.15, 0.2) is 0 Å². The fourth-order valence-electron chi connectivity index (χ4n) is 3.33. The molecule has 4 rings (SSSR count). The number of carbonyl (C=O) groups excluding carboxylic acids is 1. The van der Waals surface area contributed by atoms with Crippen LogP contribution in [0.5, 0.6) is 0 Å². The molecule has 4 nitrogen and oxygen atoms in total. The first-order chi connectivity index (χ1) is 14.0. The van der Waals surface area contributed by atoms with E-state index in [1.54, 1.807) is 11.8 Å². The van der Waals surface area contributed by atoms with E-state index >= 15 is 0 Å². The molecule has 164 valence electrons. The van der Waals surface area contributed by atoms with Crippen molar-refractivity contribution in [3.8, 4) is 0 Å². The van der Waals surface area contributed by atoms with E-state index < -0.39 is 0 Å². The lowest BCUT2D eigenvalue weighted by atomic mass is 10.1. The zero-order valence-electron chi connectivity index (χ0n) is 18.3. The highest BCUT2D eigenvalue weighted by molar-refractivity contribution is 8.06. The molecule has 2 aromatic rings. The van der Waals surface area contributed by atoms with E-state index in [0.29, 0.717) is 5.92 Å². The second-order valence-electron chi connectivity index (χ2n) is 6.80. The molecule has 2 aromatic carbocycles. The fourth-order valence-corrected chi connectivity index (χ4v) is 4.75. The lowest BCUT2D eigenvalue weighted by Gasteiger charge is -2.18. The summed E-state index contributed by atoms with van der Waals surface area (Å²) in [5, 5.41) is 6.63. The Morgan fingerprint density at radius 2 is 1.67 bits per heavy atom. The van der Waals surface area contributed by atoms with Crippen molar-refractivity contribution in [3.05, 3.63) is 64.6 Å². The minimum Gasteiger partial charge on any atom is -0.399 e.